The minimum Gasteiger partial charge on any atom is -0.508 e. The van der Waals surface area contributed by atoms with Gasteiger partial charge in [-0.25, -0.2) is 4.39 Å². The lowest BCUT2D eigenvalue weighted by molar-refractivity contribution is -0.398. The molecule has 0 spiro atoms. The lowest BCUT2D eigenvalue weighted by atomic mass is 9.91. The lowest BCUT2D eigenvalue weighted by Crippen LogP contribution is -2.79. The number of nitrogens with one attached hydrogen (secondary N) is 2. The Kier molecular flexibility index (Phi) is 10.0. The van der Waals surface area contributed by atoms with Crippen molar-refractivity contribution < 1.29 is 59.3 Å². The highest BCUT2D eigenvalue weighted by Gasteiger charge is 2.71. The highest BCUT2D eigenvalue weighted by Crippen LogP contribution is 2.39. The smallest absolute Gasteiger partial charge is 0.285 e. The van der Waals surface area contributed by atoms with E-state index in [0.717, 1.165) is 7.05 Å². The standard InChI is InChI=1S/C26H32BFN4O11/c1-14(27)20(34)19-17(12-32(22(19)36)25(40,23(37)29-2)26(41,42)24(38,39)13-33)21(35)30-10-16-4-3-15(9-18(16)28)11-31-5-7-43-8-6-31/h3-4,9,13,30,34-35,38-42H,1,5-8,10-12H2,2H3,(H,29,37)/b20-19-,21-17-. The van der Waals surface area contributed by atoms with Gasteiger partial charge in [-0.15, -0.1) is 6.58 Å². The Labute approximate surface area is 246 Å². The number of aliphatic hydroxyl groups is 7. The van der Waals surface area contributed by atoms with Gasteiger partial charge in [0.2, 0.25) is 0 Å². The zero-order valence-corrected chi connectivity index (χ0v) is 23.1. The molecule has 0 bridgehead atoms. The van der Waals surface area contributed by atoms with Gasteiger partial charge in [0.15, 0.2) is 12.2 Å². The van der Waals surface area contributed by atoms with Crippen LogP contribution in [0.4, 0.5) is 4.39 Å². The molecule has 1 unspecified atom stereocenters. The zero-order valence-electron chi connectivity index (χ0n) is 23.1. The van der Waals surface area contributed by atoms with E-state index in [-0.39, 0.29) is 17.0 Å². The Hall–Kier alpha value is -3.84. The molecule has 2 aliphatic heterocycles. The fourth-order valence-electron chi connectivity index (χ4n) is 4.55. The number of likely N-dealkylation sites (tertiary alicyclic amines) is 1. The van der Waals surface area contributed by atoms with Crippen molar-refractivity contribution in [3.05, 3.63) is 70.0 Å². The van der Waals surface area contributed by atoms with Gasteiger partial charge >= 0.3 is 0 Å². The first kappa shape index (κ1) is 33.7. The largest absolute Gasteiger partial charge is 0.508 e. The first-order valence-corrected chi connectivity index (χ1v) is 12.8. The molecule has 0 aromatic heterocycles. The molecule has 2 aliphatic rings. The number of hydrogen-bond donors (Lipinski definition) is 9. The minimum atomic E-state index is -4.48. The van der Waals surface area contributed by atoms with Crippen LogP contribution in [-0.2, 0) is 32.2 Å². The maximum atomic E-state index is 14.9. The van der Waals surface area contributed by atoms with Gasteiger partial charge in [0.05, 0.1) is 25.3 Å². The molecular formula is C26H32BFN4O11. The Balaban J connectivity index is 1.98. The number of aliphatic hydroxyl groups excluding tert-OH is 2. The number of allylic oxidation sites excluding steroid dienone is 1. The van der Waals surface area contributed by atoms with Crippen LogP contribution in [-0.4, -0.2) is 129 Å². The number of amides is 2. The van der Waals surface area contributed by atoms with Gasteiger partial charge in [0.1, 0.15) is 19.4 Å². The highest BCUT2D eigenvalue weighted by atomic mass is 19.1. The number of hydrogen-bond acceptors (Lipinski definition) is 13. The van der Waals surface area contributed by atoms with Crippen molar-refractivity contribution in [2.45, 2.75) is 30.4 Å². The predicted molar refractivity (Wildman–Crippen MR) is 145 cm³/mol. The summed E-state index contributed by atoms with van der Waals surface area (Å²) in [4.78, 5) is 39.3. The van der Waals surface area contributed by atoms with Crippen LogP contribution in [0.25, 0.3) is 0 Å². The second-order valence-corrected chi connectivity index (χ2v) is 9.90. The quantitative estimate of drug-likeness (QED) is 0.0399. The molecule has 17 heteroatoms. The molecule has 1 aromatic rings. The van der Waals surface area contributed by atoms with E-state index in [1.807, 2.05) is 0 Å². The van der Waals surface area contributed by atoms with Crippen molar-refractivity contribution in [2.24, 2.45) is 0 Å². The maximum Gasteiger partial charge on any atom is 0.285 e. The number of carbonyl (C=O) groups excluding carboxylic acids is 3. The van der Waals surface area contributed by atoms with Crippen LogP contribution in [0.5, 0.6) is 0 Å². The Morgan fingerprint density at radius 1 is 1.19 bits per heavy atom. The molecule has 43 heavy (non-hydrogen) atoms. The van der Waals surface area contributed by atoms with Crippen molar-refractivity contribution in [1.82, 2.24) is 20.4 Å². The molecular weight excluding hydrogens is 574 g/mol. The summed E-state index contributed by atoms with van der Waals surface area (Å²) < 4.78 is 20.2. The van der Waals surface area contributed by atoms with Crippen molar-refractivity contribution in [2.75, 3.05) is 39.9 Å². The summed E-state index contributed by atoms with van der Waals surface area (Å²) in [7, 11) is 6.37. The van der Waals surface area contributed by atoms with Gasteiger partial charge in [0.25, 0.3) is 29.1 Å². The van der Waals surface area contributed by atoms with Gasteiger partial charge in [-0.3, -0.25) is 24.2 Å². The predicted octanol–water partition coefficient (Wildman–Crippen LogP) is -3.15. The van der Waals surface area contributed by atoms with Gasteiger partial charge in [0, 0.05) is 44.4 Å². The number of morpholine rings is 1. The molecule has 2 radical (unpaired) electrons. The van der Waals surface area contributed by atoms with E-state index in [9.17, 15) is 54.5 Å². The topological polar surface area (TPSA) is 233 Å². The van der Waals surface area contributed by atoms with Crippen molar-refractivity contribution in [1.29, 1.82) is 0 Å². The van der Waals surface area contributed by atoms with Crippen molar-refractivity contribution in [3.8, 4) is 0 Å². The van der Waals surface area contributed by atoms with Gasteiger partial charge in [-0.2, -0.15) is 0 Å². The van der Waals surface area contributed by atoms with E-state index < -0.39 is 76.0 Å². The third-order valence-electron chi connectivity index (χ3n) is 7.08. The molecule has 0 aliphatic carbocycles. The number of nitrogens with zero attached hydrogens (tertiary/aromatic N) is 2. The number of rotatable bonds is 11. The number of ether oxygens (including phenoxy) is 1. The van der Waals surface area contributed by atoms with Crippen LogP contribution in [0.15, 0.2) is 53.0 Å². The molecule has 1 aromatic carbocycles. The summed E-state index contributed by atoms with van der Waals surface area (Å²) in [5, 5.41) is 77.4. The average Bonchev–Trinajstić information content (AvgIpc) is 3.32. The summed E-state index contributed by atoms with van der Waals surface area (Å²) in [6, 6.07) is 4.43. The van der Waals surface area contributed by atoms with E-state index in [0.29, 0.717) is 38.4 Å². The lowest BCUT2D eigenvalue weighted by Gasteiger charge is -2.46. The van der Waals surface area contributed by atoms with E-state index in [4.69, 9.17) is 12.6 Å². The molecule has 2 saturated heterocycles. The van der Waals surface area contributed by atoms with Gasteiger partial charge < -0.3 is 51.1 Å². The van der Waals surface area contributed by atoms with Crippen molar-refractivity contribution in [3.63, 3.8) is 0 Å². The second-order valence-electron chi connectivity index (χ2n) is 9.90. The fraction of sp³-hybridized carbons (Fsp3) is 0.423. The third-order valence-corrected chi connectivity index (χ3v) is 7.08. The second kappa shape index (κ2) is 12.8. The fourth-order valence-corrected chi connectivity index (χ4v) is 4.55. The van der Waals surface area contributed by atoms with E-state index in [1.165, 1.54) is 12.1 Å². The Bertz CT molecular complexity index is 1360. The molecule has 1 atom stereocenters. The van der Waals surface area contributed by atoms with E-state index in [1.54, 1.807) is 11.4 Å². The first-order chi connectivity index (χ1) is 20.0. The third kappa shape index (κ3) is 6.28. The molecule has 2 fully saturated rings. The van der Waals surface area contributed by atoms with Crippen LogP contribution in [0, 0.1) is 5.82 Å². The molecule has 2 amide bonds. The van der Waals surface area contributed by atoms with Crippen molar-refractivity contribution >= 4 is 25.9 Å². The Morgan fingerprint density at radius 3 is 2.35 bits per heavy atom. The summed E-state index contributed by atoms with van der Waals surface area (Å²) in [5.41, 5.74) is -5.42. The SMILES string of the molecule is [B]C(=C)/C(O)=C1/C(=O)N(C(O)(C(=O)NC)C(O)(O)C(O)(O)C=O)C/C1=C(/O)NCc1ccc(CN2CCOCC2)cc1F. The van der Waals surface area contributed by atoms with Crippen LogP contribution in [0.3, 0.4) is 0 Å². The monoisotopic (exact) mass is 606 g/mol. The average molecular weight is 606 g/mol. The van der Waals surface area contributed by atoms with Crippen LogP contribution in [0.1, 0.15) is 11.1 Å². The van der Waals surface area contributed by atoms with E-state index >= 15 is 0 Å². The zero-order chi connectivity index (χ0) is 32.3. The summed E-state index contributed by atoms with van der Waals surface area (Å²) in [6.07, 6.45) is -0.825. The van der Waals surface area contributed by atoms with Crippen LogP contribution in [0.2, 0.25) is 0 Å². The van der Waals surface area contributed by atoms with Gasteiger partial charge in [-0.1, -0.05) is 17.6 Å². The normalized spacial score (nSPS) is 20.3. The summed E-state index contributed by atoms with van der Waals surface area (Å²) in [6.45, 7) is 4.77. The highest BCUT2D eigenvalue weighted by molar-refractivity contribution is 6.24. The molecule has 0 saturated carbocycles. The Morgan fingerprint density at radius 2 is 1.81 bits per heavy atom. The first-order valence-electron chi connectivity index (χ1n) is 12.8. The molecule has 15 nitrogen and oxygen atoms in total. The molecule has 9 N–H and O–H groups in total. The minimum absolute atomic E-state index is 0.0694. The van der Waals surface area contributed by atoms with Gasteiger partial charge in [-0.05, 0) is 11.6 Å². The molecule has 3 rings (SSSR count). The molecule has 232 valence electrons. The number of benzene rings is 1. The summed E-state index contributed by atoms with van der Waals surface area (Å²) in [5.74, 6) is -14.7. The van der Waals surface area contributed by atoms with E-state index in [2.05, 4.69) is 16.8 Å². The maximum absolute atomic E-state index is 14.9. The van der Waals surface area contributed by atoms with Crippen LogP contribution < -0.4 is 10.6 Å². The number of aldehydes is 1. The number of halogens is 1. The number of likely N-dealkylation sites (N-methyl/N-ethyl adjacent to an activating group) is 1. The molecule has 2 heterocycles. The van der Waals surface area contributed by atoms with Crippen LogP contribution >= 0.6 is 0 Å². The summed E-state index contributed by atoms with van der Waals surface area (Å²) >= 11 is 0. The number of carbonyl (C=O) groups is 3.